The van der Waals surface area contributed by atoms with E-state index in [1.165, 1.54) is 12.0 Å². The van der Waals surface area contributed by atoms with Gasteiger partial charge in [-0.05, 0) is 43.5 Å². The van der Waals surface area contributed by atoms with Crippen molar-refractivity contribution < 1.29 is 0 Å². The molecular formula is C12H20N2. The summed E-state index contributed by atoms with van der Waals surface area (Å²) < 4.78 is 0. The number of nitrogens with one attached hydrogen (secondary N) is 1. The third-order valence-electron chi connectivity index (χ3n) is 2.46. The van der Waals surface area contributed by atoms with Crippen molar-refractivity contribution in [2.24, 2.45) is 5.41 Å². The zero-order valence-corrected chi connectivity index (χ0v) is 9.38. The molecule has 1 rings (SSSR count). The molecule has 0 bridgehead atoms. The molecule has 78 valence electrons. The first-order valence-corrected chi connectivity index (χ1v) is 5.17. The minimum absolute atomic E-state index is 0.353. The van der Waals surface area contributed by atoms with Crippen molar-refractivity contribution in [3.63, 3.8) is 0 Å². The van der Waals surface area contributed by atoms with Gasteiger partial charge in [0.25, 0.3) is 0 Å². The summed E-state index contributed by atoms with van der Waals surface area (Å²) >= 11 is 0. The predicted octanol–water partition coefficient (Wildman–Crippen LogP) is 2.26. The van der Waals surface area contributed by atoms with Gasteiger partial charge in [0.05, 0.1) is 0 Å². The predicted molar refractivity (Wildman–Crippen MR) is 60.3 cm³/mol. The van der Waals surface area contributed by atoms with Crippen LogP contribution in [0.3, 0.4) is 0 Å². The Bertz CT molecular complexity index is 254. The Balaban J connectivity index is 2.50. The molecule has 0 amide bonds. The summed E-state index contributed by atoms with van der Waals surface area (Å²) in [6.45, 7) is 5.68. The summed E-state index contributed by atoms with van der Waals surface area (Å²) in [4.78, 5) is 4.13. The topological polar surface area (TPSA) is 24.9 Å². The van der Waals surface area contributed by atoms with Crippen LogP contribution in [-0.4, -0.2) is 18.6 Å². The number of hydrogen-bond acceptors (Lipinski definition) is 2. The zero-order chi connectivity index (χ0) is 10.4. The second-order valence-corrected chi connectivity index (χ2v) is 4.56. The molecule has 0 saturated carbocycles. The number of aromatic nitrogens is 1. The summed E-state index contributed by atoms with van der Waals surface area (Å²) in [5.41, 5.74) is 1.68. The second-order valence-electron chi connectivity index (χ2n) is 4.56. The molecule has 0 aliphatic rings. The van der Waals surface area contributed by atoms with Crippen molar-refractivity contribution in [2.45, 2.75) is 26.7 Å². The number of nitrogens with zero attached hydrogens (tertiary/aromatic N) is 1. The van der Waals surface area contributed by atoms with Gasteiger partial charge in [-0.3, -0.25) is 4.98 Å². The van der Waals surface area contributed by atoms with E-state index < -0.39 is 0 Å². The molecule has 14 heavy (non-hydrogen) atoms. The summed E-state index contributed by atoms with van der Waals surface area (Å²) in [6.07, 6.45) is 6.08. The van der Waals surface area contributed by atoms with Crippen molar-refractivity contribution in [1.29, 1.82) is 0 Å². The maximum Gasteiger partial charge on any atom is 0.0300 e. The van der Waals surface area contributed by atoms with E-state index >= 15 is 0 Å². The van der Waals surface area contributed by atoms with E-state index in [-0.39, 0.29) is 0 Å². The van der Waals surface area contributed by atoms with Crippen molar-refractivity contribution in [2.75, 3.05) is 13.6 Å². The summed E-state index contributed by atoms with van der Waals surface area (Å²) in [6, 6.07) is 4.15. The normalized spacial score (nSPS) is 11.6. The lowest BCUT2D eigenvalue weighted by Gasteiger charge is -2.24. The first-order valence-electron chi connectivity index (χ1n) is 5.17. The first kappa shape index (κ1) is 11.2. The molecular weight excluding hydrogens is 172 g/mol. The monoisotopic (exact) mass is 192 g/mol. The van der Waals surface area contributed by atoms with Crippen LogP contribution in [0.4, 0.5) is 0 Å². The molecule has 0 aromatic carbocycles. The molecule has 1 aromatic rings. The van der Waals surface area contributed by atoms with Crippen molar-refractivity contribution >= 4 is 0 Å². The fourth-order valence-electron chi connectivity index (χ4n) is 1.61. The van der Waals surface area contributed by atoms with Gasteiger partial charge in [-0.25, -0.2) is 0 Å². The van der Waals surface area contributed by atoms with Crippen LogP contribution >= 0.6 is 0 Å². The Kier molecular flexibility index (Phi) is 4.08. The molecule has 1 heterocycles. The van der Waals surface area contributed by atoms with E-state index in [2.05, 4.69) is 30.2 Å². The van der Waals surface area contributed by atoms with Gasteiger partial charge >= 0.3 is 0 Å². The fraction of sp³-hybridized carbons (Fsp3) is 0.583. The van der Waals surface area contributed by atoms with Crippen molar-refractivity contribution in [1.82, 2.24) is 10.3 Å². The van der Waals surface area contributed by atoms with Crippen LogP contribution in [-0.2, 0) is 6.42 Å². The molecule has 1 aromatic heterocycles. The molecule has 0 saturated heterocycles. The van der Waals surface area contributed by atoms with Gasteiger partial charge in [-0.2, -0.15) is 0 Å². The molecule has 2 nitrogen and oxygen atoms in total. The first-order chi connectivity index (χ1) is 6.64. The van der Waals surface area contributed by atoms with Crippen molar-refractivity contribution in [3.05, 3.63) is 30.1 Å². The average Bonchev–Trinajstić information content (AvgIpc) is 2.16. The highest BCUT2D eigenvalue weighted by molar-refractivity contribution is 5.10. The molecule has 0 atom stereocenters. The Morgan fingerprint density at radius 2 is 2.21 bits per heavy atom. The highest BCUT2D eigenvalue weighted by atomic mass is 14.8. The van der Waals surface area contributed by atoms with Gasteiger partial charge < -0.3 is 5.32 Å². The van der Waals surface area contributed by atoms with Crippen LogP contribution in [0.25, 0.3) is 0 Å². The van der Waals surface area contributed by atoms with E-state index in [1.807, 2.05) is 25.5 Å². The summed E-state index contributed by atoms with van der Waals surface area (Å²) in [5.74, 6) is 0. The third-order valence-corrected chi connectivity index (χ3v) is 2.46. The minimum atomic E-state index is 0.353. The lowest BCUT2D eigenvalue weighted by atomic mass is 9.83. The van der Waals surface area contributed by atoms with Crippen LogP contribution in [0, 0.1) is 5.41 Å². The van der Waals surface area contributed by atoms with Gasteiger partial charge in [-0.15, -0.1) is 0 Å². The minimum Gasteiger partial charge on any atom is -0.320 e. The van der Waals surface area contributed by atoms with Gasteiger partial charge in [0.2, 0.25) is 0 Å². The quantitative estimate of drug-likeness (QED) is 0.774. The van der Waals surface area contributed by atoms with Crippen LogP contribution in [0.2, 0.25) is 0 Å². The molecule has 0 fully saturated rings. The van der Waals surface area contributed by atoms with E-state index in [1.54, 1.807) is 0 Å². The van der Waals surface area contributed by atoms with Crippen molar-refractivity contribution in [3.8, 4) is 0 Å². The van der Waals surface area contributed by atoms with Crippen LogP contribution in [0.5, 0.6) is 0 Å². The van der Waals surface area contributed by atoms with E-state index in [0.717, 1.165) is 13.0 Å². The number of pyridine rings is 1. The Labute approximate surface area is 86.8 Å². The molecule has 0 unspecified atom stereocenters. The third kappa shape index (κ3) is 3.88. The maximum absolute atomic E-state index is 4.13. The molecule has 2 heteroatoms. The van der Waals surface area contributed by atoms with Crippen LogP contribution in [0.15, 0.2) is 24.5 Å². The molecule has 0 spiro atoms. The highest BCUT2D eigenvalue weighted by Gasteiger charge is 2.17. The Hall–Kier alpha value is -0.890. The maximum atomic E-state index is 4.13. The summed E-state index contributed by atoms with van der Waals surface area (Å²) in [7, 11) is 2.00. The van der Waals surface area contributed by atoms with E-state index in [9.17, 15) is 0 Å². The molecule has 0 radical (unpaired) electrons. The zero-order valence-electron chi connectivity index (χ0n) is 9.38. The number of hydrogen-bond donors (Lipinski definition) is 1. The second kappa shape index (κ2) is 5.11. The molecule has 0 aliphatic heterocycles. The van der Waals surface area contributed by atoms with Gasteiger partial charge in [0.1, 0.15) is 0 Å². The standard InChI is InChI=1S/C12H20N2/c1-12(2,6-8-13-3)9-11-5-4-7-14-10-11/h4-5,7,10,13H,6,8-9H2,1-3H3. The largest absolute Gasteiger partial charge is 0.320 e. The van der Waals surface area contributed by atoms with Crippen LogP contribution < -0.4 is 5.32 Å². The van der Waals surface area contributed by atoms with Crippen LogP contribution in [0.1, 0.15) is 25.8 Å². The van der Waals surface area contributed by atoms with E-state index in [4.69, 9.17) is 0 Å². The SMILES string of the molecule is CNCCC(C)(C)Cc1cccnc1. The molecule has 0 aliphatic carbocycles. The van der Waals surface area contributed by atoms with Gasteiger partial charge in [0, 0.05) is 12.4 Å². The van der Waals surface area contributed by atoms with E-state index in [0.29, 0.717) is 5.41 Å². The summed E-state index contributed by atoms with van der Waals surface area (Å²) in [5, 5.41) is 3.19. The Morgan fingerprint density at radius 1 is 1.43 bits per heavy atom. The smallest absolute Gasteiger partial charge is 0.0300 e. The van der Waals surface area contributed by atoms with Gasteiger partial charge in [-0.1, -0.05) is 19.9 Å². The Morgan fingerprint density at radius 3 is 2.79 bits per heavy atom. The fourth-order valence-corrected chi connectivity index (χ4v) is 1.61. The lowest BCUT2D eigenvalue weighted by molar-refractivity contribution is 0.329. The number of rotatable bonds is 5. The lowest BCUT2D eigenvalue weighted by Crippen LogP contribution is -2.21. The average molecular weight is 192 g/mol. The molecule has 1 N–H and O–H groups in total. The van der Waals surface area contributed by atoms with Gasteiger partial charge in [0.15, 0.2) is 0 Å². The highest BCUT2D eigenvalue weighted by Crippen LogP contribution is 2.24.